The van der Waals surface area contributed by atoms with Gasteiger partial charge in [0.1, 0.15) is 5.75 Å². The van der Waals surface area contributed by atoms with Gasteiger partial charge in [0.15, 0.2) is 0 Å². The second-order valence-electron chi connectivity index (χ2n) is 7.46. The van der Waals surface area contributed by atoms with Crippen LogP contribution in [0.1, 0.15) is 47.9 Å². The van der Waals surface area contributed by atoms with Gasteiger partial charge in [-0.3, -0.25) is 0 Å². The number of fused-ring (bicyclic) bond motifs is 2. The molecule has 3 aromatic carbocycles. The average molecular weight is 369 g/mol. The van der Waals surface area contributed by atoms with Gasteiger partial charge in [0, 0.05) is 16.7 Å². The summed E-state index contributed by atoms with van der Waals surface area (Å²) >= 11 is 5.77. The van der Waals surface area contributed by atoms with Gasteiger partial charge in [0.2, 0.25) is 0 Å². The predicted octanol–water partition coefficient (Wildman–Crippen LogP) is 7.40. The van der Waals surface area contributed by atoms with E-state index < -0.39 is 0 Å². The molecule has 3 aromatic rings. The van der Waals surface area contributed by atoms with Crippen molar-refractivity contribution in [3.05, 3.63) is 52.6 Å². The fraction of sp³-hybridized carbons (Fsp3) is 0.417. The number of halogens is 1. The van der Waals surface area contributed by atoms with E-state index in [1.807, 2.05) is 0 Å². The highest BCUT2D eigenvalue weighted by molar-refractivity contribution is 6.17. The molecule has 0 radical (unpaired) electrons. The maximum absolute atomic E-state index is 6.43. The highest BCUT2D eigenvalue weighted by Crippen LogP contribution is 2.40. The molecule has 138 valence electrons. The molecule has 0 bridgehead atoms. The molecule has 0 aliphatic rings. The first-order chi connectivity index (χ1) is 12.5. The summed E-state index contributed by atoms with van der Waals surface area (Å²) in [6.07, 6.45) is 4.52. The van der Waals surface area contributed by atoms with Gasteiger partial charge in [-0.05, 0) is 80.1 Å². The molecular weight excluding hydrogens is 340 g/mol. The third-order valence-corrected chi connectivity index (χ3v) is 5.51. The number of unbranched alkanes of at least 4 members (excludes halogenated alkanes) is 3. The quantitative estimate of drug-likeness (QED) is 0.240. The van der Waals surface area contributed by atoms with Crippen molar-refractivity contribution < 1.29 is 4.74 Å². The normalized spacial score (nSPS) is 11.4. The van der Waals surface area contributed by atoms with E-state index in [2.05, 4.69) is 58.0 Å². The van der Waals surface area contributed by atoms with Crippen LogP contribution < -0.4 is 4.74 Å². The van der Waals surface area contributed by atoms with Crippen molar-refractivity contribution in [2.75, 3.05) is 12.5 Å². The molecule has 0 spiro atoms. The van der Waals surface area contributed by atoms with E-state index in [0.717, 1.165) is 31.1 Å². The third kappa shape index (κ3) is 3.83. The maximum Gasteiger partial charge on any atom is 0.135 e. The number of hydrogen-bond acceptors (Lipinski definition) is 1. The molecule has 0 saturated carbocycles. The fourth-order valence-electron chi connectivity index (χ4n) is 3.83. The molecule has 0 saturated heterocycles. The van der Waals surface area contributed by atoms with Crippen LogP contribution in [0.3, 0.4) is 0 Å². The maximum atomic E-state index is 6.43. The summed E-state index contributed by atoms with van der Waals surface area (Å²) in [6.45, 7) is 9.49. The lowest BCUT2D eigenvalue weighted by Crippen LogP contribution is -2.01. The molecule has 1 nitrogen and oxygen atoms in total. The van der Waals surface area contributed by atoms with Crippen LogP contribution in [-0.4, -0.2) is 12.5 Å². The molecule has 0 N–H and O–H groups in total. The Morgan fingerprint density at radius 1 is 0.731 bits per heavy atom. The summed E-state index contributed by atoms with van der Waals surface area (Å²) in [4.78, 5) is 0. The number of benzene rings is 3. The van der Waals surface area contributed by atoms with Crippen molar-refractivity contribution in [1.82, 2.24) is 0 Å². The van der Waals surface area contributed by atoms with Gasteiger partial charge in [-0.15, -0.1) is 11.6 Å². The summed E-state index contributed by atoms with van der Waals surface area (Å²) in [5.74, 6) is 1.81. The van der Waals surface area contributed by atoms with Crippen LogP contribution in [-0.2, 0) is 0 Å². The SMILES string of the molecule is Cc1cc(C)c2cc3c(C)ccc(C)c3c(OCCCCCCCl)c2c1. The first-order valence-electron chi connectivity index (χ1n) is 9.65. The van der Waals surface area contributed by atoms with Crippen LogP contribution in [0.25, 0.3) is 21.5 Å². The molecule has 26 heavy (non-hydrogen) atoms. The minimum absolute atomic E-state index is 0.756. The highest BCUT2D eigenvalue weighted by Gasteiger charge is 2.14. The summed E-state index contributed by atoms with van der Waals surface area (Å²) < 4.78 is 6.43. The molecule has 3 rings (SSSR count). The largest absolute Gasteiger partial charge is 0.492 e. The van der Waals surface area contributed by atoms with E-state index in [1.54, 1.807) is 0 Å². The van der Waals surface area contributed by atoms with Crippen LogP contribution in [0.4, 0.5) is 0 Å². The first kappa shape index (κ1) is 19.0. The van der Waals surface area contributed by atoms with Crippen molar-refractivity contribution in [3.8, 4) is 5.75 Å². The number of hydrogen-bond donors (Lipinski definition) is 0. The molecule has 0 fully saturated rings. The van der Waals surface area contributed by atoms with Crippen molar-refractivity contribution >= 4 is 33.1 Å². The topological polar surface area (TPSA) is 9.23 Å². The molecule has 0 atom stereocenters. The second-order valence-corrected chi connectivity index (χ2v) is 7.83. The first-order valence-corrected chi connectivity index (χ1v) is 10.2. The van der Waals surface area contributed by atoms with Crippen LogP contribution in [0.5, 0.6) is 5.75 Å². The lowest BCUT2D eigenvalue weighted by atomic mass is 9.93. The number of alkyl halides is 1. The van der Waals surface area contributed by atoms with Gasteiger partial charge < -0.3 is 4.74 Å². The van der Waals surface area contributed by atoms with Gasteiger partial charge in [0.25, 0.3) is 0 Å². The summed E-state index contributed by atoms with van der Waals surface area (Å²) in [6, 6.07) is 11.3. The van der Waals surface area contributed by atoms with E-state index >= 15 is 0 Å². The summed E-state index contributed by atoms with van der Waals surface area (Å²) in [7, 11) is 0. The second kappa shape index (κ2) is 8.31. The Morgan fingerprint density at radius 3 is 2.23 bits per heavy atom. The Bertz CT molecular complexity index is 927. The number of aryl methyl sites for hydroxylation is 4. The average Bonchev–Trinajstić information content (AvgIpc) is 2.61. The van der Waals surface area contributed by atoms with Crippen molar-refractivity contribution in [2.24, 2.45) is 0 Å². The van der Waals surface area contributed by atoms with Crippen LogP contribution >= 0.6 is 11.6 Å². The Morgan fingerprint density at radius 2 is 1.46 bits per heavy atom. The number of ether oxygens (including phenoxy) is 1. The molecule has 0 unspecified atom stereocenters. The number of rotatable bonds is 7. The van der Waals surface area contributed by atoms with Gasteiger partial charge in [-0.25, -0.2) is 0 Å². The minimum atomic E-state index is 0.756. The molecule has 2 heteroatoms. The molecule has 0 aromatic heterocycles. The zero-order valence-corrected chi connectivity index (χ0v) is 17.2. The third-order valence-electron chi connectivity index (χ3n) is 5.24. The van der Waals surface area contributed by atoms with E-state index in [4.69, 9.17) is 16.3 Å². The fourth-order valence-corrected chi connectivity index (χ4v) is 4.02. The van der Waals surface area contributed by atoms with Crippen LogP contribution in [0.15, 0.2) is 30.3 Å². The van der Waals surface area contributed by atoms with Crippen molar-refractivity contribution in [1.29, 1.82) is 0 Å². The van der Waals surface area contributed by atoms with Gasteiger partial charge >= 0.3 is 0 Å². The van der Waals surface area contributed by atoms with Gasteiger partial charge in [-0.2, -0.15) is 0 Å². The molecular formula is C24H29ClO. The van der Waals surface area contributed by atoms with Gasteiger partial charge in [0.05, 0.1) is 6.61 Å². The summed E-state index contributed by atoms with van der Waals surface area (Å²) in [5.41, 5.74) is 5.18. The Labute approximate surface area is 162 Å². The predicted molar refractivity (Wildman–Crippen MR) is 115 cm³/mol. The Kier molecular flexibility index (Phi) is 6.09. The van der Waals surface area contributed by atoms with Crippen LogP contribution in [0, 0.1) is 27.7 Å². The van der Waals surface area contributed by atoms with E-state index in [0.29, 0.717) is 0 Å². The standard InChI is InChI=1S/C24H29ClO/c1-16-13-19(4)20-15-21-17(2)9-10-18(3)23(21)24(22(20)14-16)26-12-8-6-5-7-11-25/h9-10,13-15H,5-8,11-12H2,1-4H3. The van der Waals surface area contributed by atoms with E-state index in [1.165, 1.54) is 56.6 Å². The molecule has 0 aliphatic heterocycles. The molecule has 0 aliphatic carbocycles. The monoisotopic (exact) mass is 368 g/mol. The Balaban J connectivity index is 2.08. The van der Waals surface area contributed by atoms with E-state index in [9.17, 15) is 0 Å². The Hall–Kier alpha value is -1.73. The summed E-state index contributed by atoms with van der Waals surface area (Å²) in [5, 5.41) is 5.11. The molecule has 0 heterocycles. The van der Waals surface area contributed by atoms with Crippen molar-refractivity contribution in [2.45, 2.75) is 53.4 Å². The lowest BCUT2D eigenvalue weighted by Gasteiger charge is -2.18. The lowest BCUT2D eigenvalue weighted by molar-refractivity contribution is 0.312. The highest BCUT2D eigenvalue weighted by atomic mass is 35.5. The van der Waals surface area contributed by atoms with Gasteiger partial charge in [-0.1, -0.05) is 36.6 Å². The zero-order valence-electron chi connectivity index (χ0n) is 16.4. The minimum Gasteiger partial charge on any atom is -0.492 e. The van der Waals surface area contributed by atoms with Crippen LogP contribution in [0.2, 0.25) is 0 Å². The van der Waals surface area contributed by atoms with Crippen molar-refractivity contribution in [3.63, 3.8) is 0 Å². The smallest absolute Gasteiger partial charge is 0.135 e. The zero-order chi connectivity index (χ0) is 18.7. The van der Waals surface area contributed by atoms with E-state index in [-0.39, 0.29) is 0 Å². The molecule has 0 amide bonds.